The Morgan fingerprint density at radius 2 is 1.88 bits per heavy atom. The van der Waals surface area contributed by atoms with Crippen LogP contribution in [0, 0.1) is 17.6 Å². The van der Waals surface area contributed by atoms with Gasteiger partial charge in [0.1, 0.15) is 17.2 Å². The van der Waals surface area contributed by atoms with E-state index < -0.39 is 23.1 Å². The second-order valence-electron chi connectivity index (χ2n) is 4.07. The number of carbonyl (C=O) groups excluding carboxylic acids is 1. The summed E-state index contributed by atoms with van der Waals surface area (Å²) < 4.78 is 27.4. The van der Waals surface area contributed by atoms with E-state index >= 15 is 0 Å². The highest BCUT2D eigenvalue weighted by Gasteiger charge is 2.21. The van der Waals surface area contributed by atoms with Gasteiger partial charge in [-0.15, -0.1) is 0 Å². The molecule has 0 aromatic heterocycles. The van der Waals surface area contributed by atoms with Crippen LogP contribution < -0.4 is 5.32 Å². The molecule has 1 rings (SSSR count). The highest BCUT2D eigenvalue weighted by molar-refractivity contribution is 14.1. The number of nitrogens with one attached hydrogen (secondary N) is 1. The lowest BCUT2D eigenvalue weighted by Gasteiger charge is -2.20. The average Bonchev–Trinajstić information content (AvgIpc) is 2.25. The number of hydrogen-bond acceptors (Lipinski definition) is 1. The highest BCUT2D eigenvalue weighted by atomic mass is 127. The van der Waals surface area contributed by atoms with Crippen molar-refractivity contribution < 1.29 is 13.6 Å². The molecule has 0 saturated heterocycles. The number of benzene rings is 1. The van der Waals surface area contributed by atoms with Crippen molar-refractivity contribution in [2.24, 2.45) is 5.92 Å². The van der Waals surface area contributed by atoms with Crippen molar-refractivity contribution in [3.63, 3.8) is 0 Å². The predicted molar refractivity (Wildman–Crippen MR) is 71.3 cm³/mol. The molecule has 17 heavy (non-hydrogen) atoms. The quantitative estimate of drug-likeness (QED) is 0.654. The first kappa shape index (κ1) is 14.3. The molecule has 0 heterocycles. The molecule has 0 aliphatic heterocycles. The Morgan fingerprint density at radius 3 is 2.29 bits per heavy atom. The molecule has 0 radical (unpaired) electrons. The molecule has 0 spiro atoms. The van der Waals surface area contributed by atoms with E-state index in [1.165, 1.54) is 6.07 Å². The summed E-state index contributed by atoms with van der Waals surface area (Å²) in [6.45, 7) is 3.89. The van der Waals surface area contributed by atoms with Gasteiger partial charge in [0.25, 0.3) is 5.91 Å². The van der Waals surface area contributed by atoms with Crippen LogP contribution >= 0.6 is 22.6 Å². The van der Waals surface area contributed by atoms with Crippen LogP contribution in [0.2, 0.25) is 0 Å². The maximum absolute atomic E-state index is 13.4. The molecular formula is C12H14F2INO. The Hall–Kier alpha value is -0.720. The molecule has 5 heteroatoms. The van der Waals surface area contributed by atoms with Gasteiger partial charge in [0.2, 0.25) is 0 Å². The van der Waals surface area contributed by atoms with Crippen LogP contribution in [0.1, 0.15) is 24.2 Å². The lowest BCUT2D eigenvalue weighted by Crippen LogP contribution is -2.40. The molecule has 1 aromatic carbocycles. The third-order valence-corrected chi connectivity index (χ3v) is 3.43. The van der Waals surface area contributed by atoms with Gasteiger partial charge in [-0.2, -0.15) is 0 Å². The minimum absolute atomic E-state index is 0.0953. The number of hydrogen-bond donors (Lipinski definition) is 1. The average molecular weight is 353 g/mol. The number of alkyl halides is 1. The first-order valence-corrected chi connectivity index (χ1v) is 6.80. The Bertz CT molecular complexity index is 389. The van der Waals surface area contributed by atoms with E-state index in [1.807, 2.05) is 13.8 Å². The van der Waals surface area contributed by atoms with E-state index in [0.29, 0.717) is 4.43 Å². The van der Waals surface area contributed by atoms with Gasteiger partial charge in [0.15, 0.2) is 0 Å². The second kappa shape index (κ2) is 6.28. The molecule has 2 nitrogen and oxygen atoms in total. The van der Waals surface area contributed by atoms with Crippen molar-refractivity contribution in [1.82, 2.24) is 5.32 Å². The summed E-state index contributed by atoms with van der Waals surface area (Å²) in [5.74, 6) is -2.15. The van der Waals surface area contributed by atoms with Crippen LogP contribution in [0.15, 0.2) is 18.2 Å². The van der Waals surface area contributed by atoms with E-state index in [0.717, 1.165) is 12.1 Å². The van der Waals surface area contributed by atoms with E-state index in [9.17, 15) is 13.6 Å². The molecular weight excluding hydrogens is 339 g/mol. The Morgan fingerprint density at radius 1 is 1.35 bits per heavy atom. The van der Waals surface area contributed by atoms with Gasteiger partial charge >= 0.3 is 0 Å². The number of rotatable bonds is 4. The topological polar surface area (TPSA) is 29.1 Å². The Labute approximate surface area is 113 Å². The van der Waals surface area contributed by atoms with Gasteiger partial charge in [0.05, 0.1) is 0 Å². The summed E-state index contributed by atoms with van der Waals surface area (Å²) in [7, 11) is 0. The maximum Gasteiger partial charge on any atom is 0.257 e. The molecule has 1 amide bonds. The van der Waals surface area contributed by atoms with Crippen molar-refractivity contribution >= 4 is 28.5 Å². The van der Waals surface area contributed by atoms with E-state index in [4.69, 9.17) is 0 Å². The molecule has 0 bridgehead atoms. The van der Waals surface area contributed by atoms with E-state index in [1.54, 1.807) is 0 Å². The zero-order valence-electron chi connectivity index (χ0n) is 9.64. The number of amides is 1. The number of carbonyl (C=O) groups is 1. The minimum Gasteiger partial charge on any atom is -0.348 e. The van der Waals surface area contributed by atoms with Gasteiger partial charge in [0, 0.05) is 10.5 Å². The third kappa shape index (κ3) is 3.62. The molecule has 1 unspecified atom stereocenters. The summed E-state index contributed by atoms with van der Waals surface area (Å²) >= 11 is 2.13. The van der Waals surface area contributed by atoms with Gasteiger partial charge in [-0.3, -0.25) is 4.79 Å². The summed E-state index contributed by atoms with van der Waals surface area (Å²) in [6, 6.07) is 3.29. The molecule has 0 fully saturated rings. The maximum atomic E-state index is 13.4. The molecule has 0 saturated carbocycles. The fourth-order valence-corrected chi connectivity index (χ4v) is 2.58. The fraction of sp³-hybridized carbons (Fsp3) is 0.417. The van der Waals surface area contributed by atoms with E-state index in [-0.39, 0.29) is 12.0 Å². The van der Waals surface area contributed by atoms with Crippen LogP contribution in [-0.2, 0) is 0 Å². The Kier molecular flexibility index (Phi) is 5.30. The van der Waals surface area contributed by atoms with Crippen LogP contribution in [0.3, 0.4) is 0 Å². The SMILES string of the molecule is CC(C)C(CI)NC(=O)c1c(F)cccc1F. The van der Waals surface area contributed by atoms with Crippen LogP contribution in [-0.4, -0.2) is 16.4 Å². The van der Waals surface area contributed by atoms with Gasteiger partial charge in [-0.25, -0.2) is 8.78 Å². The first-order valence-electron chi connectivity index (χ1n) is 5.28. The zero-order chi connectivity index (χ0) is 13.0. The molecule has 0 aliphatic carbocycles. The van der Waals surface area contributed by atoms with E-state index in [2.05, 4.69) is 27.9 Å². The third-order valence-electron chi connectivity index (χ3n) is 2.48. The lowest BCUT2D eigenvalue weighted by atomic mass is 10.1. The fourth-order valence-electron chi connectivity index (χ4n) is 1.34. The molecule has 1 N–H and O–H groups in total. The summed E-state index contributed by atoms with van der Waals surface area (Å²) in [4.78, 5) is 11.8. The van der Waals surface area contributed by atoms with Crippen LogP contribution in [0.4, 0.5) is 8.78 Å². The zero-order valence-corrected chi connectivity index (χ0v) is 11.8. The molecule has 1 atom stereocenters. The summed E-state index contributed by atoms with van der Waals surface area (Å²) in [5.41, 5.74) is -0.511. The smallest absolute Gasteiger partial charge is 0.257 e. The Balaban J connectivity index is 2.90. The number of halogens is 3. The van der Waals surface area contributed by atoms with Gasteiger partial charge in [-0.05, 0) is 18.1 Å². The van der Waals surface area contributed by atoms with Crippen molar-refractivity contribution in [1.29, 1.82) is 0 Å². The first-order chi connectivity index (χ1) is 7.97. The minimum atomic E-state index is -0.835. The van der Waals surface area contributed by atoms with Crippen LogP contribution in [0.5, 0.6) is 0 Å². The van der Waals surface area contributed by atoms with Crippen molar-refractivity contribution in [2.75, 3.05) is 4.43 Å². The summed E-state index contributed by atoms with van der Waals surface area (Å²) in [5, 5.41) is 2.64. The normalized spacial score (nSPS) is 12.6. The molecule has 1 aromatic rings. The molecule has 94 valence electrons. The van der Waals surface area contributed by atoms with Gasteiger partial charge < -0.3 is 5.32 Å². The van der Waals surface area contributed by atoms with Crippen molar-refractivity contribution in [2.45, 2.75) is 19.9 Å². The highest BCUT2D eigenvalue weighted by Crippen LogP contribution is 2.13. The summed E-state index contributed by atoms with van der Waals surface area (Å²) in [6.07, 6.45) is 0. The lowest BCUT2D eigenvalue weighted by molar-refractivity contribution is 0.0923. The largest absolute Gasteiger partial charge is 0.348 e. The van der Waals surface area contributed by atoms with Crippen LogP contribution in [0.25, 0.3) is 0 Å². The second-order valence-corrected chi connectivity index (χ2v) is 4.96. The monoisotopic (exact) mass is 353 g/mol. The van der Waals surface area contributed by atoms with Crippen molar-refractivity contribution in [3.05, 3.63) is 35.4 Å². The molecule has 0 aliphatic rings. The van der Waals surface area contributed by atoms with Crippen molar-refractivity contribution in [3.8, 4) is 0 Å². The van der Waals surface area contributed by atoms with Gasteiger partial charge in [-0.1, -0.05) is 42.5 Å². The standard InChI is InChI=1S/C12H14F2INO/c1-7(2)10(6-15)16-12(17)11-8(13)4-3-5-9(11)14/h3-5,7,10H,6H2,1-2H3,(H,16,17). The predicted octanol–water partition coefficient (Wildman–Crippen LogP) is 3.15.